The molecule has 0 aromatic heterocycles. The summed E-state index contributed by atoms with van der Waals surface area (Å²) in [5.41, 5.74) is 7.39. The SMILES string of the molecule is C#Cc1ccc(C(C)NC(=O)C2CCCN2C(=O)C(N)C(C)(C)CCO)cc1. The number of amides is 2. The molecule has 4 N–H and O–H groups in total. The molecule has 1 fully saturated rings. The maximum absolute atomic E-state index is 12.9. The predicted molar refractivity (Wildman–Crippen MR) is 109 cm³/mol. The summed E-state index contributed by atoms with van der Waals surface area (Å²) >= 11 is 0. The lowest BCUT2D eigenvalue weighted by Gasteiger charge is -2.35. The number of carbonyl (C=O) groups excluding carboxylic acids is 2. The molecule has 1 saturated heterocycles. The van der Waals surface area contributed by atoms with Crippen LogP contribution in [0.25, 0.3) is 0 Å². The predicted octanol–water partition coefficient (Wildman–Crippen LogP) is 1.57. The molecule has 1 aliphatic heterocycles. The number of nitrogens with one attached hydrogen (secondary N) is 1. The minimum absolute atomic E-state index is 0.0339. The van der Waals surface area contributed by atoms with Crippen LogP contribution in [0, 0.1) is 17.8 Å². The fourth-order valence-corrected chi connectivity index (χ4v) is 3.52. The first-order valence-electron chi connectivity index (χ1n) is 9.75. The third-order valence-electron chi connectivity index (χ3n) is 5.64. The fourth-order valence-electron chi connectivity index (χ4n) is 3.52. The lowest BCUT2D eigenvalue weighted by Crippen LogP contribution is -2.55. The van der Waals surface area contributed by atoms with E-state index in [0.717, 1.165) is 17.5 Å². The van der Waals surface area contributed by atoms with Gasteiger partial charge in [0.15, 0.2) is 0 Å². The zero-order valence-electron chi connectivity index (χ0n) is 16.9. The molecular formula is C22H31N3O3. The van der Waals surface area contributed by atoms with Crippen molar-refractivity contribution in [3.8, 4) is 12.3 Å². The molecule has 28 heavy (non-hydrogen) atoms. The molecule has 0 bridgehead atoms. The van der Waals surface area contributed by atoms with Crippen LogP contribution in [0.5, 0.6) is 0 Å². The van der Waals surface area contributed by atoms with E-state index in [1.165, 1.54) is 0 Å². The highest BCUT2D eigenvalue weighted by Gasteiger charge is 2.41. The second-order valence-electron chi connectivity index (χ2n) is 8.13. The van der Waals surface area contributed by atoms with E-state index in [2.05, 4.69) is 11.2 Å². The summed E-state index contributed by atoms with van der Waals surface area (Å²) in [4.78, 5) is 27.4. The molecule has 1 aromatic carbocycles. The van der Waals surface area contributed by atoms with Crippen LogP contribution in [0.2, 0.25) is 0 Å². The number of likely N-dealkylation sites (tertiary alicyclic amines) is 1. The van der Waals surface area contributed by atoms with Crippen molar-refractivity contribution in [2.24, 2.45) is 11.1 Å². The van der Waals surface area contributed by atoms with E-state index < -0.39 is 17.5 Å². The molecule has 2 rings (SSSR count). The minimum atomic E-state index is -0.762. The molecule has 1 aromatic rings. The Labute approximate surface area is 167 Å². The van der Waals surface area contributed by atoms with Gasteiger partial charge >= 0.3 is 0 Å². The minimum Gasteiger partial charge on any atom is -0.396 e. The summed E-state index contributed by atoms with van der Waals surface area (Å²) in [6.07, 6.45) is 7.19. The Bertz CT molecular complexity index is 736. The van der Waals surface area contributed by atoms with Crippen molar-refractivity contribution in [2.45, 2.75) is 58.2 Å². The van der Waals surface area contributed by atoms with Gasteiger partial charge in [0, 0.05) is 18.7 Å². The lowest BCUT2D eigenvalue weighted by molar-refractivity contribution is -0.141. The van der Waals surface area contributed by atoms with Crippen molar-refractivity contribution >= 4 is 11.8 Å². The van der Waals surface area contributed by atoms with Crippen molar-refractivity contribution in [3.05, 3.63) is 35.4 Å². The van der Waals surface area contributed by atoms with Gasteiger partial charge in [0.05, 0.1) is 12.1 Å². The maximum Gasteiger partial charge on any atom is 0.243 e. The van der Waals surface area contributed by atoms with Gasteiger partial charge in [-0.2, -0.15) is 0 Å². The second kappa shape index (κ2) is 9.22. The summed E-state index contributed by atoms with van der Waals surface area (Å²) in [5, 5.41) is 12.2. The van der Waals surface area contributed by atoms with Crippen LogP contribution in [-0.4, -0.2) is 47.1 Å². The van der Waals surface area contributed by atoms with Crippen LogP contribution in [0.1, 0.15) is 57.2 Å². The zero-order valence-corrected chi connectivity index (χ0v) is 16.9. The number of carbonyl (C=O) groups is 2. The third kappa shape index (κ3) is 4.92. The third-order valence-corrected chi connectivity index (χ3v) is 5.64. The summed E-state index contributed by atoms with van der Waals surface area (Å²) in [6.45, 7) is 6.11. The quantitative estimate of drug-likeness (QED) is 0.621. The fraction of sp³-hybridized carbons (Fsp3) is 0.545. The Morgan fingerprint density at radius 2 is 2.04 bits per heavy atom. The molecule has 0 radical (unpaired) electrons. The van der Waals surface area contributed by atoms with Crippen molar-refractivity contribution in [2.75, 3.05) is 13.2 Å². The first-order chi connectivity index (χ1) is 13.2. The molecule has 3 atom stereocenters. The summed E-state index contributed by atoms with van der Waals surface area (Å²) in [5.74, 6) is 2.16. The number of benzene rings is 1. The number of aliphatic hydroxyl groups is 1. The molecular weight excluding hydrogens is 354 g/mol. The molecule has 1 aliphatic rings. The molecule has 0 saturated carbocycles. The lowest BCUT2D eigenvalue weighted by atomic mass is 9.81. The highest BCUT2D eigenvalue weighted by Crippen LogP contribution is 2.28. The van der Waals surface area contributed by atoms with Crippen LogP contribution in [0.4, 0.5) is 0 Å². The van der Waals surface area contributed by atoms with E-state index in [-0.39, 0.29) is 24.5 Å². The first kappa shape index (κ1) is 21.9. The Balaban J connectivity index is 2.05. The number of hydrogen-bond acceptors (Lipinski definition) is 4. The van der Waals surface area contributed by atoms with Crippen LogP contribution in [0.3, 0.4) is 0 Å². The highest BCUT2D eigenvalue weighted by atomic mass is 16.3. The number of nitrogens with zero attached hydrogens (tertiary/aromatic N) is 1. The largest absolute Gasteiger partial charge is 0.396 e. The van der Waals surface area contributed by atoms with Gasteiger partial charge in [-0.05, 0) is 49.3 Å². The average molecular weight is 386 g/mol. The molecule has 2 amide bonds. The van der Waals surface area contributed by atoms with Crippen molar-refractivity contribution < 1.29 is 14.7 Å². The van der Waals surface area contributed by atoms with Gasteiger partial charge in [-0.1, -0.05) is 31.9 Å². The number of terminal acetylenes is 1. The summed E-state index contributed by atoms with van der Waals surface area (Å²) in [7, 11) is 0. The van der Waals surface area contributed by atoms with Crippen molar-refractivity contribution in [1.82, 2.24) is 10.2 Å². The maximum atomic E-state index is 12.9. The standard InChI is InChI=1S/C22H31N3O3/c1-5-16-8-10-17(11-9-16)15(2)24-20(27)18-7-6-13-25(18)21(28)19(23)22(3,4)12-14-26/h1,8-11,15,18-19,26H,6-7,12-14,23H2,2-4H3,(H,24,27). The number of rotatable bonds is 7. The van der Waals surface area contributed by atoms with Gasteiger partial charge in [0.2, 0.25) is 11.8 Å². The number of hydrogen-bond donors (Lipinski definition) is 3. The number of aliphatic hydroxyl groups excluding tert-OH is 1. The smallest absolute Gasteiger partial charge is 0.243 e. The Hall–Kier alpha value is -2.36. The van der Waals surface area contributed by atoms with Crippen LogP contribution in [0.15, 0.2) is 24.3 Å². The van der Waals surface area contributed by atoms with E-state index in [4.69, 9.17) is 12.2 Å². The van der Waals surface area contributed by atoms with Gasteiger partial charge in [-0.3, -0.25) is 9.59 Å². The van der Waals surface area contributed by atoms with Gasteiger partial charge in [-0.15, -0.1) is 6.42 Å². The molecule has 0 spiro atoms. The van der Waals surface area contributed by atoms with Gasteiger partial charge < -0.3 is 21.1 Å². The van der Waals surface area contributed by atoms with Gasteiger partial charge in [-0.25, -0.2) is 0 Å². The van der Waals surface area contributed by atoms with Gasteiger partial charge in [0.25, 0.3) is 0 Å². The average Bonchev–Trinajstić information content (AvgIpc) is 3.16. The van der Waals surface area contributed by atoms with Crippen molar-refractivity contribution in [1.29, 1.82) is 0 Å². The van der Waals surface area contributed by atoms with E-state index in [9.17, 15) is 14.7 Å². The molecule has 0 aliphatic carbocycles. The van der Waals surface area contributed by atoms with E-state index in [1.54, 1.807) is 4.90 Å². The summed E-state index contributed by atoms with van der Waals surface area (Å²) < 4.78 is 0. The van der Waals surface area contributed by atoms with E-state index in [0.29, 0.717) is 19.4 Å². The Morgan fingerprint density at radius 3 is 2.61 bits per heavy atom. The van der Waals surface area contributed by atoms with Crippen LogP contribution >= 0.6 is 0 Å². The molecule has 152 valence electrons. The normalized spacial score (nSPS) is 19.0. The number of nitrogens with two attached hydrogens (primary N) is 1. The molecule has 3 unspecified atom stereocenters. The van der Waals surface area contributed by atoms with Crippen LogP contribution in [-0.2, 0) is 9.59 Å². The van der Waals surface area contributed by atoms with Gasteiger partial charge in [0.1, 0.15) is 6.04 Å². The topological polar surface area (TPSA) is 95.7 Å². The first-order valence-corrected chi connectivity index (χ1v) is 9.75. The second-order valence-corrected chi connectivity index (χ2v) is 8.13. The zero-order chi connectivity index (χ0) is 20.9. The highest BCUT2D eigenvalue weighted by molar-refractivity contribution is 5.90. The Morgan fingerprint density at radius 1 is 1.39 bits per heavy atom. The molecule has 6 heteroatoms. The summed E-state index contributed by atoms with van der Waals surface area (Å²) in [6, 6.07) is 5.99. The monoisotopic (exact) mass is 385 g/mol. The van der Waals surface area contributed by atoms with E-state index >= 15 is 0 Å². The Kier molecular flexibility index (Phi) is 7.22. The van der Waals surface area contributed by atoms with E-state index in [1.807, 2.05) is 45.0 Å². The molecule has 1 heterocycles. The molecule has 6 nitrogen and oxygen atoms in total. The van der Waals surface area contributed by atoms with Crippen molar-refractivity contribution in [3.63, 3.8) is 0 Å². The van der Waals surface area contributed by atoms with Crippen LogP contribution < -0.4 is 11.1 Å².